The third-order valence-corrected chi connectivity index (χ3v) is 3.07. The largest absolute Gasteiger partial charge is 0.481 e. The number of carboxylic acids is 1. The minimum atomic E-state index is -0.735. The highest BCUT2D eigenvalue weighted by Gasteiger charge is 2.24. The lowest BCUT2D eigenvalue weighted by molar-refractivity contribution is -0.138. The minimum Gasteiger partial charge on any atom is -0.481 e. The first-order valence-electron chi connectivity index (χ1n) is 5.25. The van der Waals surface area contributed by atoms with Crippen molar-refractivity contribution in [3.63, 3.8) is 0 Å². The first-order valence-corrected chi connectivity index (χ1v) is 5.25. The van der Waals surface area contributed by atoms with Gasteiger partial charge in [0.15, 0.2) is 0 Å². The molecule has 1 aliphatic rings. The molecular weight excluding hydrogens is 180 g/mol. The first kappa shape index (κ1) is 11.5. The summed E-state index contributed by atoms with van der Waals surface area (Å²) in [6, 6.07) is 0.544. The molecule has 1 rings (SSSR count). The van der Waals surface area contributed by atoms with Crippen LogP contribution in [0.2, 0.25) is 0 Å². The molecule has 82 valence electrons. The summed E-state index contributed by atoms with van der Waals surface area (Å²) >= 11 is 0. The Bertz CT molecular complexity index is 197. The van der Waals surface area contributed by atoms with Crippen LogP contribution in [0.4, 0.5) is 0 Å². The Morgan fingerprint density at radius 2 is 2.43 bits per heavy atom. The number of rotatable bonds is 5. The number of hydrogen-bond donors (Lipinski definition) is 2. The molecule has 0 radical (unpaired) electrons. The van der Waals surface area contributed by atoms with Gasteiger partial charge in [-0.05, 0) is 45.3 Å². The second-order valence-corrected chi connectivity index (χ2v) is 4.21. The number of hydrogen-bond acceptors (Lipinski definition) is 3. The molecule has 0 spiro atoms. The third-order valence-electron chi connectivity index (χ3n) is 3.07. The van der Waals surface area contributed by atoms with Crippen molar-refractivity contribution in [2.75, 3.05) is 20.1 Å². The number of likely N-dealkylation sites (tertiary alicyclic amines) is 1. The summed E-state index contributed by atoms with van der Waals surface area (Å²) in [5, 5.41) is 8.69. The van der Waals surface area contributed by atoms with E-state index in [0.717, 1.165) is 13.0 Å². The average molecular weight is 200 g/mol. The molecule has 0 saturated carbocycles. The molecule has 0 amide bonds. The number of aliphatic carboxylic acids is 1. The molecule has 2 atom stereocenters. The Balaban J connectivity index is 2.35. The van der Waals surface area contributed by atoms with E-state index < -0.39 is 5.97 Å². The normalized spacial score (nSPS) is 25.1. The van der Waals surface area contributed by atoms with Crippen molar-refractivity contribution in [2.24, 2.45) is 11.7 Å². The zero-order chi connectivity index (χ0) is 10.6. The van der Waals surface area contributed by atoms with Gasteiger partial charge in [-0.2, -0.15) is 0 Å². The summed E-state index contributed by atoms with van der Waals surface area (Å²) in [4.78, 5) is 12.9. The summed E-state index contributed by atoms with van der Waals surface area (Å²) in [6.07, 6.45) is 3.55. The SMILES string of the molecule is CN1CCCC1CC(CN)CC(=O)O. The van der Waals surface area contributed by atoms with Crippen LogP contribution in [-0.2, 0) is 4.79 Å². The number of nitrogens with two attached hydrogens (primary N) is 1. The summed E-state index contributed by atoms with van der Waals surface area (Å²) in [7, 11) is 2.10. The van der Waals surface area contributed by atoms with Gasteiger partial charge in [-0.15, -0.1) is 0 Å². The third kappa shape index (κ3) is 3.27. The fourth-order valence-electron chi connectivity index (χ4n) is 2.17. The van der Waals surface area contributed by atoms with Gasteiger partial charge >= 0.3 is 5.97 Å². The van der Waals surface area contributed by atoms with E-state index in [4.69, 9.17) is 10.8 Å². The van der Waals surface area contributed by atoms with Gasteiger partial charge in [0, 0.05) is 12.5 Å². The van der Waals surface area contributed by atoms with Crippen LogP contribution in [0.25, 0.3) is 0 Å². The summed E-state index contributed by atoms with van der Waals surface area (Å²) < 4.78 is 0. The molecule has 1 fully saturated rings. The van der Waals surface area contributed by atoms with Gasteiger partial charge in [0.2, 0.25) is 0 Å². The van der Waals surface area contributed by atoms with Gasteiger partial charge in [0.05, 0.1) is 0 Å². The molecule has 4 nitrogen and oxygen atoms in total. The predicted octanol–water partition coefficient (Wildman–Crippen LogP) is 0.520. The van der Waals surface area contributed by atoms with Crippen LogP contribution in [0.5, 0.6) is 0 Å². The van der Waals surface area contributed by atoms with Crippen molar-refractivity contribution in [3.05, 3.63) is 0 Å². The molecule has 2 unspecified atom stereocenters. The first-order chi connectivity index (χ1) is 6.63. The van der Waals surface area contributed by atoms with Gasteiger partial charge in [-0.25, -0.2) is 0 Å². The van der Waals surface area contributed by atoms with E-state index in [-0.39, 0.29) is 12.3 Å². The number of carboxylic acid groups (broad SMARTS) is 1. The molecule has 14 heavy (non-hydrogen) atoms. The molecule has 1 heterocycles. The van der Waals surface area contributed by atoms with Crippen molar-refractivity contribution in [2.45, 2.75) is 31.7 Å². The van der Waals surface area contributed by atoms with Crippen molar-refractivity contribution in [1.29, 1.82) is 0 Å². The maximum absolute atomic E-state index is 10.6. The maximum Gasteiger partial charge on any atom is 0.303 e. The smallest absolute Gasteiger partial charge is 0.303 e. The zero-order valence-electron chi connectivity index (χ0n) is 8.78. The van der Waals surface area contributed by atoms with Crippen LogP contribution in [-0.4, -0.2) is 42.2 Å². The Morgan fingerprint density at radius 3 is 2.86 bits per heavy atom. The molecule has 0 aliphatic carbocycles. The zero-order valence-corrected chi connectivity index (χ0v) is 8.78. The van der Waals surface area contributed by atoms with Gasteiger partial charge < -0.3 is 15.7 Å². The number of carbonyl (C=O) groups is 1. The maximum atomic E-state index is 10.6. The van der Waals surface area contributed by atoms with E-state index in [1.807, 2.05) is 0 Å². The van der Waals surface area contributed by atoms with Gasteiger partial charge in [0.1, 0.15) is 0 Å². The lowest BCUT2D eigenvalue weighted by atomic mass is 9.95. The van der Waals surface area contributed by atoms with Crippen LogP contribution in [0.1, 0.15) is 25.7 Å². The van der Waals surface area contributed by atoms with Gasteiger partial charge in [-0.3, -0.25) is 4.79 Å². The monoisotopic (exact) mass is 200 g/mol. The minimum absolute atomic E-state index is 0.137. The fourth-order valence-corrected chi connectivity index (χ4v) is 2.17. The molecule has 1 saturated heterocycles. The Labute approximate surface area is 85.1 Å². The highest BCUT2D eigenvalue weighted by molar-refractivity contribution is 5.67. The topological polar surface area (TPSA) is 66.6 Å². The Hall–Kier alpha value is -0.610. The van der Waals surface area contributed by atoms with E-state index in [2.05, 4.69) is 11.9 Å². The highest BCUT2D eigenvalue weighted by Crippen LogP contribution is 2.22. The molecule has 3 N–H and O–H groups in total. The van der Waals surface area contributed by atoms with Crippen LogP contribution < -0.4 is 5.73 Å². The quantitative estimate of drug-likeness (QED) is 0.679. The van der Waals surface area contributed by atoms with E-state index in [1.54, 1.807) is 0 Å². The van der Waals surface area contributed by atoms with Crippen LogP contribution >= 0.6 is 0 Å². The van der Waals surface area contributed by atoms with E-state index >= 15 is 0 Å². The Kier molecular flexibility index (Phi) is 4.35. The lowest BCUT2D eigenvalue weighted by Crippen LogP contribution is -2.30. The van der Waals surface area contributed by atoms with E-state index in [1.165, 1.54) is 12.8 Å². The Morgan fingerprint density at radius 1 is 1.71 bits per heavy atom. The lowest BCUT2D eigenvalue weighted by Gasteiger charge is -2.23. The standard InChI is InChI=1S/C10H20N2O2/c1-12-4-2-3-9(12)5-8(7-11)6-10(13)14/h8-9H,2-7,11H2,1H3,(H,13,14). The van der Waals surface area contributed by atoms with Gasteiger partial charge in [0.25, 0.3) is 0 Å². The molecule has 0 aromatic heterocycles. The predicted molar refractivity (Wildman–Crippen MR) is 55.1 cm³/mol. The summed E-state index contributed by atoms with van der Waals surface area (Å²) in [5.41, 5.74) is 5.56. The second-order valence-electron chi connectivity index (χ2n) is 4.21. The second kappa shape index (κ2) is 5.32. The molecular formula is C10H20N2O2. The molecule has 0 bridgehead atoms. The molecule has 0 aromatic carbocycles. The van der Waals surface area contributed by atoms with Crippen molar-refractivity contribution >= 4 is 5.97 Å². The van der Waals surface area contributed by atoms with Crippen molar-refractivity contribution in [1.82, 2.24) is 4.90 Å². The fraction of sp³-hybridized carbons (Fsp3) is 0.900. The molecule has 1 aliphatic heterocycles. The number of nitrogens with zero attached hydrogens (tertiary/aromatic N) is 1. The van der Waals surface area contributed by atoms with Crippen molar-refractivity contribution < 1.29 is 9.90 Å². The van der Waals surface area contributed by atoms with Crippen LogP contribution in [0.15, 0.2) is 0 Å². The molecule has 0 aromatic rings. The van der Waals surface area contributed by atoms with Crippen LogP contribution in [0.3, 0.4) is 0 Å². The average Bonchev–Trinajstić information content (AvgIpc) is 2.50. The van der Waals surface area contributed by atoms with Crippen molar-refractivity contribution in [3.8, 4) is 0 Å². The molecule has 4 heteroatoms. The van der Waals surface area contributed by atoms with Gasteiger partial charge in [-0.1, -0.05) is 0 Å². The van der Waals surface area contributed by atoms with E-state index in [9.17, 15) is 4.79 Å². The summed E-state index contributed by atoms with van der Waals surface area (Å²) in [6.45, 7) is 1.62. The summed E-state index contributed by atoms with van der Waals surface area (Å²) in [5.74, 6) is -0.598. The van der Waals surface area contributed by atoms with Crippen LogP contribution in [0, 0.1) is 5.92 Å². The highest BCUT2D eigenvalue weighted by atomic mass is 16.4. The van der Waals surface area contributed by atoms with E-state index in [0.29, 0.717) is 12.6 Å².